The molecule has 4 rings (SSSR count). The predicted octanol–water partition coefficient (Wildman–Crippen LogP) is 6.24. The topological polar surface area (TPSA) is 18.5 Å². The Bertz CT molecular complexity index is 891. The van der Waals surface area contributed by atoms with Crippen molar-refractivity contribution >= 4 is 0 Å². The first-order valence-electron chi connectivity index (χ1n) is 9.45. The Morgan fingerprint density at radius 2 is 0.679 bits per heavy atom. The van der Waals surface area contributed by atoms with E-state index in [1.807, 2.05) is 36.4 Å². The summed E-state index contributed by atoms with van der Waals surface area (Å²) in [6, 6.07) is 36.8. The van der Waals surface area contributed by atoms with E-state index in [1.165, 1.54) is 22.3 Å². The average Bonchev–Trinajstić information content (AvgIpc) is 2.76. The van der Waals surface area contributed by atoms with Crippen LogP contribution in [-0.2, 0) is 12.8 Å². The van der Waals surface area contributed by atoms with Gasteiger partial charge in [0.05, 0.1) is 0 Å². The van der Waals surface area contributed by atoms with Crippen molar-refractivity contribution in [2.45, 2.75) is 12.8 Å². The van der Waals surface area contributed by atoms with Crippen LogP contribution in [-0.4, -0.2) is 0 Å². The molecule has 4 aromatic carbocycles. The number of benzene rings is 4. The quantitative estimate of drug-likeness (QED) is 0.285. The van der Waals surface area contributed by atoms with Crippen molar-refractivity contribution in [3.63, 3.8) is 0 Å². The fourth-order valence-electron chi connectivity index (χ4n) is 3.09. The van der Waals surface area contributed by atoms with E-state index in [0.717, 1.165) is 12.8 Å². The first-order chi connectivity index (χ1) is 13.8. The van der Waals surface area contributed by atoms with Gasteiger partial charge in [-0.3, -0.25) is 9.78 Å². The summed E-state index contributed by atoms with van der Waals surface area (Å²) in [6.07, 6.45) is 1.82. The van der Waals surface area contributed by atoms with E-state index in [2.05, 4.69) is 72.8 Å². The smallest absolute Gasteiger partial charge is 0.178 e. The van der Waals surface area contributed by atoms with Gasteiger partial charge in [0.25, 0.3) is 0 Å². The maximum absolute atomic E-state index is 5.46. The van der Waals surface area contributed by atoms with Crippen LogP contribution < -0.4 is 9.78 Å². The van der Waals surface area contributed by atoms with E-state index in [0.29, 0.717) is 11.5 Å². The Kier molecular flexibility index (Phi) is 5.69. The molecular formula is C26H22O2. The van der Waals surface area contributed by atoms with Gasteiger partial charge >= 0.3 is 0 Å². The van der Waals surface area contributed by atoms with Gasteiger partial charge in [-0.25, -0.2) is 0 Å². The van der Waals surface area contributed by atoms with Gasteiger partial charge in [0.1, 0.15) is 0 Å². The third-order valence-electron chi connectivity index (χ3n) is 4.58. The molecule has 0 saturated carbocycles. The molecule has 0 N–H and O–H groups in total. The molecule has 0 bridgehead atoms. The van der Waals surface area contributed by atoms with Gasteiger partial charge in [0.2, 0.25) is 0 Å². The van der Waals surface area contributed by atoms with Crippen LogP contribution in [0, 0.1) is 0 Å². The average molecular weight is 366 g/mol. The van der Waals surface area contributed by atoms with Crippen LogP contribution >= 0.6 is 0 Å². The zero-order valence-electron chi connectivity index (χ0n) is 15.6. The lowest BCUT2D eigenvalue weighted by molar-refractivity contribution is -0.0999. The van der Waals surface area contributed by atoms with Crippen LogP contribution in [0.2, 0.25) is 0 Å². The van der Waals surface area contributed by atoms with E-state index in [4.69, 9.17) is 9.78 Å². The minimum absolute atomic E-state index is 0.685. The Labute approximate surface area is 165 Å². The molecule has 0 aliphatic heterocycles. The third-order valence-corrected chi connectivity index (χ3v) is 4.58. The fourth-order valence-corrected chi connectivity index (χ4v) is 3.09. The maximum atomic E-state index is 5.46. The molecule has 0 aromatic heterocycles. The molecule has 4 aromatic rings. The summed E-state index contributed by atoms with van der Waals surface area (Å²) in [6.45, 7) is 0. The number of rotatable bonds is 7. The van der Waals surface area contributed by atoms with Gasteiger partial charge in [-0.05, 0) is 59.4 Å². The van der Waals surface area contributed by atoms with Gasteiger partial charge in [-0.15, -0.1) is 0 Å². The molecule has 0 aliphatic carbocycles. The Morgan fingerprint density at radius 3 is 1.04 bits per heavy atom. The lowest BCUT2D eigenvalue weighted by Gasteiger charge is -2.08. The fraction of sp³-hybridized carbons (Fsp3) is 0.0769. The summed E-state index contributed by atoms with van der Waals surface area (Å²) in [5, 5.41) is 0. The minimum Gasteiger partial charge on any atom is -0.290 e. The van der Waals surface area contributed by atoms with E-state index in [9.17, 15) is 0 Å². The highest BCUT2D eigenvalue weighted by Gasteiger charge is 2.01. The lowest BCUT2D eigenvalue weighted by Crippen LogP contribution is -2.00. The van der Waals surface area contributed by atoms with Crippen molar-refractivity contribution < 1.29 is 9.78 Å². The Balaban J connectivity index is 1.30. The second-order valence-electron chi connectivity index (χ2n) is 6.78. The zero-order valence-corrected chi connectivity index (χ0v) is 15.6. The summed E-state index contributed by atoms with van der Waals surface area (Å²) in [7, 11) is 0. The molecule has 2 heteroatoms. The second-order valence-corrected chi connectivity index (χ2v) is 6.78. The Morgan fingerprint density at radius 1 is 0.357 bits per heavy atom. The largest absolute Gasteiger partial charge is 0.290 e. The van der Waals surface area contributed by atoms with Crippen molar-refractivity contribution in [1.82, 2.24) is 0 Å². The molecule has 0 radical (unpaired) electrons. The molecule has 0 fully saturated rings. The van der Waals surface area contributed by atoms with E-state index >= 15 is 0 Å². The molecule has 138 valence electrons. The van der Waals surface area contributed by atoms with Gasteiger partial charge in [-0.2, -0.15) is 0 Å². The van der Waals surface area contributed by atoms with Gasteiger partial charge in [0, 0.05) is 0 Å². The van der Waals surface area contributed by atoms with Crippen LogP contribution in [0.4, 0.5) is 0 Å². The molecule has 0 spiro atoms. The molecule has 0 unspecified atom stereocenters. The summed E-state index contributed by atoms with van der Waals surface area (Å²) < 4.78 is 0. The molecule has 2 nitrogen and oxygen atoms in total. The van der Waals surface area contributed by atoms with Crippen molar-refractivity contribution in [2.24, 2.45) is 0 Å². The van der Waals surface area contributed by atoms with Crippen molar-refractivity contribution in [3.8, 4) is 11.5 Å². The SMILES string of the molecule is c1ccc(Cc2ccc(OOc3ccc(Cc4ccccc4)cc3)cc2)cc1. The van der Waals surface area contributed by atoms with Crippen LogP contribution in [0.1, 0.15) is 22.3 Å². The van der Waals surface area contributed by atoms with Crippen LogP contribution in [0.25, 0.3) is 0 Å². The van der Waals surface area contributed by atoms with Crippen LogP contribution in [0.15, 0.2) is 109 Å². The van der Waals surface area contributed by atoms with Gasteiger partial charge < -0.3 is 0 Å². The maximum Gasteiger partial charge on any atom is 0.178 e. The highest BCUT2D eigenvalue weighted by molar-refractivity contribution is 5.33. The number of hydrogen-bond acceptors (Lipinski definition) is 2. The second kappa shape index (κ2) is 8.92. The van der Waals surface area contributed by atoms with Crippen molar-refractivity contribution in [3.05, 3.63) is 131 Å². The summed E-state index contributed by atoms with van der Waals surface area (Å²) in [5.74, 6) is 1.37. The van der Waals surface area contributed by atoms with Crippen LogP contribution in [0.3, 0.4) is 0 Å². The molecule has 0 saturated heterocycles. The molecule has 0 heterocycles. The van der Waals surface area contributed by atoms with Crippen molar-refractivity contribution in [2.75, 3.05) is 0 Å². The van der Waals surface area contributed by atoms with Gasteiger partial charge in [0.15, 0.2) is 11.5 Å². The number of hydrogen-bond donors (Lipinski definition) is 0. The van der Waals surface area contributed by atoms with Gasteiger partial charge in [-0.1, -0.05) is 84.9 Å². The van der Waals surface area contributed by atoms with Crippen molar-refractivity contribution in [1.29, 1.82) is 0 Å². The molecule has 0 atom stereocenters. The molecular weight excluding hydrogens is 344 g/mol. The lowest BCUT2D eigenvalue weighted by atomic mass is 10.1. The highest BCUT2D eigenvalue weighted by atomic mass is 17.2. The molecule has 28 heavy (non-hydrogen) atoms. The first-order valence-corrected chi connectivity index (χ1v) is 9.45. The Hall–Kier alpha value is -3.52. The van der Waals surface area contributed by atoms with Crippen LogP contribution in [0.5, 0.6) is 11.5 Å². The summed E-state index contributed by atoms with van der Waals surface area (Å²) in [5.41, 5.74) is 5.07. The standard InChI is InChI=1S/C26H22O2/c1-3-7-21(8-4-1)19-23-11-15-25(16-12-23)27-28-26-17-13-24(14-18-26)20-22-9-5-2-6-10-22/h1-18H,19-20H2. The zero-order chi connectivity index (χ0) is 19.0. The first kappa shape index (κ1) is 17.9. The van der Waals surface area contributed by atoms with E-state index in [1.54, 1.807) is 0 Å². The summed E-state index contributed by atoms with van der Waals surface area (Å²) in [4.78, 5) is 10.9. The highest BCUT2D eigenvalue weighted by Crippen LogP contribution is 2.19. The van der Waals surface area contributed by atoms with E-state index < -0.39 is 0 Å². The monoisotopic (exact) mass is 366 g/mol. The minimum atomic E-state index is 0.685. The van der Waals surface area contributed by atoms with E-state index in [-0.39, 0.29) is 0 Å². The summed E-state index contributed by atoms with van der Waals surface area (Å²) >= 11 is 0. The normalized spacial score (nSPS) is 10.4. The molecule has 0 amide bonds. The molecule has 0 aliphatic rings. The predicted molar refractivity (Wildman–Crippen MR) is 113 cm³/mol. The third kappa shape index (κ3) is 5.01.